The van der Waals surface area contributed by atoms with Gasteiger partial charge in [-0.1, -0.05) is 19.0 Å². The van der Waals surface area contributed by atoms with Crippen LogP contribution in [-0.2, 0) is 9.47 Å². The Kier molecular flexibility index (Phi) is 17.5. The molecular formula is C39H51ClI2N8O8. The van der Waals surface area contributed by atoms with Crippen LogP contribution in [0.5, 0.6) is 0 Å². The monoisotopic (exact) mass is 1050 g/mol. The van der Waals surface area contributed by atoms with Crippen LogP contribution in [0, 0.1) is 27.4 Å². The highest BCUT2D eigenvalue weighted by Gasteiger charge is 2.30. The number of fused-ring (bicyclic) bond motifs is 2. The summed E-state index contributed by atoms with van der Waals surface area (Å²) in [5, 5.41) is 27.0. The lowest BCUT2D eigenvalue weighted by atomic mass is 10.0. The van der Waals surface area contributed by atoms with E-state index in [2.05, 4.69) is 60.5 Å². The fraction of sp³-hybridized carbons (Fsp3) is 0.487. The maximum Gasteiger partial charge on any atom is 0.410 e. The molecule has 2 saturated heterocycles. The van der Waals surface area contributed by atoms with E-state index < -0.39 is 21.0 Å². The SMILES string of the molecule is C.CC(C)(C)OC(=O)N1CCC[C@H](N)C1.CC(C)(C)OC(=O)N1CCC[C@H](Nc2c([N+](=O)[O-])cnc3ccc(I)cc23)C1.O=[N+]([O-])c1cnc2ccc(I)cc2c1Cl. The number of halogens is 3. The van der Waals surface area contributed by atoms with Gasteiger partial charge in [0.25, 0.3) is 0 Å². The predicted octanol–water partition coefficient (Wildman–Crippen LogP) is 9.94. The van der Waals surface area contributed by atoms with Crippen LogP contribution < -0.4 is 11.1 Å². The first-order chi connectivity index (χ1) is 26.6. The average molecular weight is 1050 g/mol. The van der Waals surface area contributed by atoms with Crippen molar-refractivity contribution in [2.24, 2.45) is 5.73 Å². The zero-order valence-electron chi connectivity index (χ0n) is 32.6. The van der Waals surface area contributed by atoms with E-state index in [1.54, 1.807) is 21.9 Å². The third kappa shape index (κ3) is 14.1. The maximum atomic E-state index is 12.4. The van der Waals surface area contributed by atoms with Crippen LogP contribution >= 0.6 is 56.8 Å². The molecule has 2 aromatic carbocycles. The number of amides is 2. The second-order valence-electron chi connectivity index (χ2n) is 15.6. The number of carbonyl (C=O) groups excluding carboxylic acids is 2. The van der Waals surface area contributed by atoms with E-state index in [9.17, 15) is 29.8 Å². The first-order valence-electron chi connectivity index (χ1n) is 18.2. The number of hydrogen-bond donors (Lipinski definition) is 2. The molecule has 4 aromatic rings. The van der Waals surface area contributed by atoms with E-state index in [0.717, 1.165) is 39.4 Å². The minimum absolute atomic E-state index is 0. The number of likely N-dealkylation sites (tertiary alicyclic amines) is 2. The average Bonchev–Trinajstić information content (AvgIpc) is 3.11. The minimum atomic E-state index is -0.561. The lowest BCUT2D eigenvalue weighted by Gasteiger charge is -2.34. The van der Waals surface area contributed by atoms with Crippen molar-refractivity contribution in [1.29, 1.82) is 0 Å². The van der Waals surface area contributed by atoms with E-state index in [1.165, 1.54) is 12.4 Å². The van der Waals surface area contributed by atoms with E-state index in [1.807, 2.05) is 65.8 Å². The lowest BCUT2D eigenvalue weighted by Crippen LogP contribution is -2.47. The van der Waals surface area contributed by atoms with Crippen molar-refractivity contribution in [3.05, 3.63) is 81.2 Å². The quantitative estimate of drug-likeness (QED) is 0.111. The van der Waals surface area contributed by atoms with Gasteiger partial charge in [0.05, 0.1) is 20.9 Å². The molecule has 6 rings (SSSR count). The van der Waals surface area contributed by atoms with E-state index in [-0.39, 0.29) is 48.1 Å². The Bertz CT molecular complexity index is 2110. The summed E-state index contributed by atoms with van der Waals surface area (Å²) in [6, 6.07) is 11.1. The Hall–Kier alpha value is -3.89. The van der Waals surface area contributed by atoms with Crippen molar-refractivity contribution in [3.8, 4) is 0 Å². The number of pyridine rings is 2. The van der Waals surface area contributed by atoms with E-state index in [4.69, 9.17) is 26.8 Å². The smallest absolute Gasteiger partial charge is 0.410 e. The third-order valence-corrected chi connectivity index (χ3v) is 10.2. The number of rotatable bonds is 4. The van der Waals surface area contributed by atoms with Crippen LogP contribution in [0.3, 0.4) is 0 Å². The molecule has 0 saturated carbocycles. The zero-order valence-corrected chi connectivity index (χ0v) is 37.7. The lowest BCUT2D eigenvalue weighted by molar-refractivity contribution is -0.384. The Morgan fingerprint density at radius 3 is 1.78 bits per heavy atom. The first-order valence-corrected chi connectivity index (χ1v) is 20.7. The second-order valence-corrected chi connectivity index (χ2v) is 18.4. The molecule has 0 aliphatic carbocycles. The Balaban J connectivity index is 0.000000254. The van der Waals surface area contributed by atoms with Crippen molar-refractivity contribution < 1.29 is 28.9 Å². The molecule has 2 aliphatic rings. The molecule has 16 nitrogen and oxygen atoms in total. The number of carbonyl (C=O) groups is 2. The van der Waals surface area contributed by atoms with Crippen molar-refractivity contribution in [1.82, 2.24) is 19.8 Å². The van der Waals surface area contributed by atoms with Gasteiger partial charge >= 0.3 is 23.6 Å². The van der Waals surface area contributed by atoms with Gasteiger partial charge in [0, 0.05) is 56.2 Å². The van der Waals surface area contributed by atoms with Gasteiger partial charge < -0.3 is 30.3 Å². The molecule has 316 valence electrons. The molecule has 2 aromatic heterocycles. The van der Waals surface area contributed by atoms with Gasteiger partial charge in [0.2, 0.25) is 0 Å². The Morgan fingerprint density at radius 2 is 1.28 bits per heavy atom. The molecule has 0 bridgehead atoms. The number of nitrogens with one attached hydrogen (secondary N) is 1. The molecule has 3 N–H and O–H groups in total. The second kappa shape index (κ2) is 20.9. The minimum Gasteiger partial charge on any atom is -0.444 e. The topological polar surface area (TPSA) is 209 Å². The van der Waals surface area contributed by atoms with Crippen LogP contribution in [0.25, 0.3) is 21.8 Å². The highest BCUT2D eigenvalue weighted by molar-refractivity contribution is 14.1. The number of benzene rings is 2. The number of nitrogens with two attached hydrogens (primary N) is 1. The van der Waals surface area contributed by atoms with Gasteiger partial charge in [-0.25, -0.2) is 19.6 Å². The summed E-state index contributed by atoms with van der Waals surface area (Å²) in [4.78, 5) is 56.8. The van der Waals surface area contributed by atoms with Gasteiger partial charge in [-0.2, -0.15) is 0 Å². The largest absolute Gasteiger partial charge is 0.444 e. The summed E-state index contributed by atoms with van der Waals surface area (Å²) in [5.74, 6) is 0. The number of nitrogens with zero attached hydrogens (tertiary/aromatic N) is 6. The number of anilines is 1. The Morgan fingerprint density at radius 1 is 0.810 bits per heavy atom. The van der Waals surface area contributed by atoms with Crippen LogP contribution in [0.15, 0.2) is 48.8 Å². The molecule has 58 heavy (non-hydrogen) atoms. The number of ether oxygens (including phenoxy) is 2. The zero-order chi connectivity index (χ0) is 42.2. The number of aromatic nitrogens is 2. The van der Waals surface area contributed by atoms with Gasteiger partial charge in [0.1, 0.15) is 34.3 Å². The summed E-state index contributed by atoms with van der Waals surface area (Å²) in [5.41, 5.74) is 6.37. The van der Waals surface area contributed by atoms with Crippen molar-refractivity contribution in [3.63, 3.8) is 0 Å². The fourth-order valence-corrected chi connectivity index (χ4v) is 7.24. The first kappa shape index (κ1) is 48.5. The van der Waals surface area contributed by atoms with Crippen LogP contribution in [0.2, 0.25) is 5.02 Å². The van der Waals surface area contributed by atoms with Crippen molar-refractivity contribution in [2.75, 3.05) is 31.5 Å². The molecule has 4 heterocycles. The van der Waals surface area contributed by atoms with Crippen LogP contribution in [0.4, 0.5) is 26.7 Å². The van der Waals surface area contributed by atoms with Crippen molar-refractivity contribution >= 4 is 108 Å². The van der Waals surface area contributed by atoms with Gasteiger partial charge in [-0.15, -0.1) is 0 Å². The Labute approximate surface area is 370 Å². The number of piperidine rings is 2. The molecular weight excluding hydrogens is 998 g/mol. The van der Waals surface area contributed by atoms with E-state index >= 15 is 0 Å². The molecule has 0 spiro atoms. The fourth-order valence-electron chi connectivity index (χ4n) is 5.99. The molecule has 2 fully saturated rings. The summed E-state index contributed by atoms with van der Waals surface area (Å²) in [6.45, 7) is 13.5. The molecule has 2 atom stereocenters. The molecule has 19 heteroatoms. The standard InChI is InChI=1S/C19H23IN4O4.C10H20N2O2.C9H4ClIN2O2.CH4/c1-19(2,3)28-18(25)23-8-4-5-13(11-23)22-17-14-9-12(20)6-7-15(14)21-10-16(17)24(26)27;1-10(2,3)14-9(13)12-6-4-5-8(11)7-12;10-9-6-3-5(11)1-2-7(6)12-4-8(9)13(14)15;/h6-7,9-10,13H,4-5,8,11H2,1-3H3,(H,21,22);8H,4-7,11H2,1-3H3;1-4H;1H4/t13-;8-;;/m00../s1. The molecule has 2 aliphatic heterocycles. The van der Waals surface area contributed by atoms with Crippen LogP contribution in [-0.4, -0.2) is 91.3 Å². The van der Waals surface area contributed by atoms with Gasteiger partial charge in [0.15, 0.2) is 0 Å². The number of nitro groups is 2. The molecule has 0 radical (unpaired) electrons. The number of hydrogen-bond acceptors (Lipinski definition) is 12. The van der Waals surface area contributed by atoms with Gasteiger partial charge in [-0.05, 0) is 149 Å². The van der Waals surface area contributed by atoms with Gasteiger partial charge in [-0.3, -0.25) is 20.2 Å². The third-order valence-electron chi connectivity index (χ3n) is 8.48. The molecule has 2 amide bonds. The summed E-state index contributed by atoms with van der Waals surface area (Å²) >= 11 is 10.2. The van der Waals surface area contributed by atoms with Crippen molar-refractivity contribution in [2.45, 2.75) is 97.9 Å². The normalized spacial score (nSPS) is 16.8. The molecule has 0 unspecified atom stereocenters. The van der Waals surface area contributed by atoms with E-state index in [0.29, 0.717) is 47.1 Å². The summed E-state index contributed by atoms with van der Waals surface area (Å²) in [6.07, 6.45) is 5.44. The maximum absolute atomic E-state index is 12.4. The van der Waals surface area contributed by atoms with Crippen LogP contribution in [0.1, 0.15) is 74.7 Å². The highest BCUT2D eigenvalue weighted by atomic mass is 127. The highest BCUT2D eigenvalue weighted by Crippen LogP contribution is 2.34. The summed E-state index contributed by atoms with van der Waals surface area (Å²) in [7, 11) is 0. The summed E-state index contributed by atoms with van der Waals surface area (Å²) < 4.78 is 12.7. The predicted molar refractivity (Wildman–Crippen MR) is 243 cm³/mol.